The quantitative estimate of drug-likeness (QED) is 0.595. The summed E-state index contributed by atoms with van der Waals surface area (Å²) in [5.74, 6) is 0. The standard InChI is InChI=1S/C10H15N3/c1-8-6-9-10(7-11-8)13(3)5-4-12(9)2/h6-7H,4-5H2,1-3H3. The van der Waals surface area contributed by atoms with E-state index in [1.54, 1.807) is 0 Å². The smallest absolute Gasteiger partial charge is 0.0788 e. The lowest BCUT2D eigenvalue weighted by Gasteiger charge is -2.34. The Balaban J connectivity index is 2.50. The molecular formula is C10H15N3. The SMILES string of the molecule is Cc1cc2c(cn1)N(C)CCN2C. The molecule has 0 bridgehead atoms. The maximum Gasteiger partial charge on any atom is 0.0788 e. The highest BCUT2D eigenvalue weighted by molar-refractivity contribution is 5.72. The van der Waals surface area contributed by atoms with Crippen LogP contribution in [0.3, 0.4) is 0 Å². The minimum Gasteiger partial charge on any atom is -0.371 e. The fourth-order valence-electron chi connectivity index (χ4n) is 1.68. The third-order valence-corrected chi connectivity index (χ3v) is 2.59. The van der Waals surface area contributed by atoms with Gasteiger partial charge >= 0.3 is 0 Å². The van der Waals surface area contributed by atoms with Crippen LogP contribution < -0.4 is 9.80 Å². The Morgan fingerprint density at radius 1 is 1.15 bits per heavy atom. The molecule has 3 nitrogen and oxygen atoms in total. The first-order valence-corrected chi connectivity index (χ1v) is 4.57. The van der Waals surface area contributed by atoms with Gasteiger partial charge < -0.3 is 9.80 Å². The van der Waals surface area contributed by atoms with E-state index in [0.29, 0.717) is 0 Å². The van der Waals surface area contributed by atoms with Crippen molar-refractivity contribution in [3.63, 3.8) is 0 Å². The van der Waals surface area contributed by atoms with Crippen molar-refractivity contribution in [2.75, 3.05) is 37.0 Å². The Kier molecular flexibility index (Phi) is 1.87. The molecule has 0 spiro atoms. The van der Waals surface area contributed by atoms with Crippen LogP contribution in [-0.2, 0) is 0 Å². The predicted molar refractivity (Wildman–Crippen MR) is 55.5 cm³/mol. The third kappa shape index (κ3) is 1.34. The first-order valence-electron chi connectivity index (χ1n) is 4.57. The Bertz CT molecular complexity index is 322. The number of nitrogens with zero attached hydrogens (tertiary/aromatic N) is 3. The van der Waals surface area contributed by atoms with Crippen molar-refractivity contribution >= 4 is 11.4 Å². The van der Waals surface area contributed by atoms with Gasteiger partial charge in [-0.1, -0.05) is 0 Å². The van der Waals surface area contributed by atoms with Crippen LogP contribution in [0.5, 0.6) is 0 Å². The highest BCUT2D eigenvalue weighted by Crippen LogP contribution is 2.30. The van der Waals surface area contributed by atoms with Gasteiger partial charge in [0.2, 0.25) is 0 Å². The van der Waals surface area contributed by atoms with Gasteiger partial charge in [0.1, 0.15) is 0 Å². The number of hydrogen-bond donors (Lipinski definition) is 0. The summed E-state index contributed by atoms with van der Waals surface area (Å²) in [5.41, 5.74) is 3.61. The molecule has 70 valence electrons. The number of aryl methyl sites for hydroxylation is 1. The molecule has 0 radical (unpaired) electrons. The van der Waals surface area contributed by atoms with Crippen molar-refractivity contribution in [3.8, 4) is 0 Å². The molecular weight excluding hydrogens is 162 g/mol. The summed E-state index contributed by atoms with van der Waals surface area (Å²) in [4.78, 5) is 8.84. The molecule has 0 amide bonds. The third-order valence-electron chi connectivity index (χ3n) is 2.59. The van der Waals surface area contributed by atoms with E-state index in [9.17, 15) is 0 Å². The fraction of sp³-hybridized carbons (Fsp3) is 0.500. The molecule has 1 aromatic rings. The van der Waals surface area contributed by atoms with Gasteiger partial charge in [0, 0.05) is 32.9 Å². The fourth-order valence-corrected chi connectivity index (χ4v) is 1.68. The van der Waals surface area contributed by atoms with Crippen LogP contribution in [0.2, 0.25) is 0 Å². The summed E-state index contributed by atoms with van der Waals surface area (Å²) in [5, 5.41) is 0. The number of anilines is 2. The van der Waals surface area contributed by atoms with Crippen LogP contribution in [0.15, 0.2) is 12.3 Å². The minimum atomic E-state index is 1.08. The molecule has 0 aromatic carbocycles. The Morgan fingerprint density at radius 2 is 1.77 bits per heavy atom. The van der Waals surface area contributed by atoms with Crippen molar-refractivity contribution in [3.05, 3.63) is 18.0 Å². The predicted octanol–water partition coefficient (Wildman–Crippen LogP) is 1.28. The molecule has 1 aliphatic rings. The average molecular weight is 177 g/mol. The molecule has 13 heavy (non-hydrogen) atoms. The summed E-state index contributed by atoms with van der Waals surface area (Å²) in [7, 11) is 4.24. The number of aromatic nitrogens is 1. The lowest BCUT2D eigenvalue weighted by atomic mass is 10.2. The van der Waals surface area contributed by atoms with Gasteiger partial charge in [-0.05, 0) is 13.0 Å². The largest absolute Gasteiger partial charge is 0.371 e. The van der Waals surface area contributed by atoms with Gasteiger partial charge in [0.25, 0.3) is 0 Å². The Labute approximate surface area is 79.0 Å². The van der Waals surface area contributed by atoms with Crippen LogP contribution in [0, 0.1) is 6.92 Å². The zero-order valence-corrected chi connectivity index (χ0v) is 8.41. The number of pyridine rings is 1. The van der Waals surface area contributed by atoms with Gasteiger partial charge in [0.05, 0.1) is 17.6 Å². The molecule has 0 N–H and O–H groups in total. The van der Waals surface area contributed by atoms with Crippen molar-refractivity contribution in [1.29, 1.82) is 0 Å². The molecule has 2 rings (SSSR count). The minimum absolute atomic E-state index is 1.08. The van der Waals surface area contributed by atoms with Gasteiger partial charge in [-0.3, -0.25) is 4.98 Å². The van der Waals surface area contributed by atoms with Crippen LogP contribution in [0.4, 0.5) is 11.4 Å². The number of likely N-dealkylation sites (N-methyl/N-ethyl adjacent to an activating group) is 2. The second kappa shape index (κ2) is 2.91. The normalized spacial score (nSPS) is 15.9. The molecule has 0 saturated heterocycles. The van der Waals surface area contributed by atoms with E-state index in [1.807, 2.05) is 13.1 Å². The van der Waals surface area contributed by atoms with E-state index in [4.69, 9.17) is 0 Å². The number of fused-ring (bicyclic) bond motifs is 1. The van der Waals surface area contributed by atoms with E-state index in [0.717, 1.165) is 18.8 Å². The first-order chi connectivity index (χ1) is 6.18. The maximum absolute atomic E-state index is 4.31. The molecule has 0 aliphatic carbocycles. The molecule has 0 fully saturated rings. The second-order valence-corrected chi connectivity index (χ2v) is 3.66. The van der Waals surface area contributed by atoms with Gasteiger partial charge in [0.15, 0.2) is 0 Å². The summed E-state index contributed by atoms with van der Waals surface area (Å²) in [6.45, 7) is 4.20. The first kappa shape index (κ1) is 8.35. The van der Waals surface area contributed by atoms with Gasteiger partial charge in [-0.15, -0.1) is 0 Å². The van der Waals surface area contributed by atoms with Gasteiger partial charge in [-0.2, -0.15) is 0 Å². The second-order valence-electron chi connectivity index (χ2n) is 3.66. The van der Waals surface area contributed by atoms with Crippen molar-refractivity contribution < 1.29 is 0 Å². The summed E-state index contributed by atoms with van der Waals surface area (Å²) in [6, 6.07) is 2.14. The van der Waals surface area contributed by atoms with Crippen LogP contribution >= 0.6 is 0 Å². The van der Waals surface area contributed by atoms with E-state index in [2.05, 4.69) is 34.9 Å². The topological polar surface area (TPSA) is 19.4 Å². The van der Waals surface area contributed by atoms with Crippen molar-refractivity contribution in [2.45, 2.75) is 6.92 Å². The Morgan fingerprint density at radius 3 is 2.46 bits per heavy atom. The molecule has 1 aromatic heterocycles. The number of rotatable bonds is 0. The maximum atomic E-state index is 4.31. The van der Waals surface area contributed by atoms with E-state index in [1.165, 1.54) is 11.4 Å². The number of hydrogen-bond acceptors (Lipinski definition) is 3. The monoisotopic (exact) mass is 177 g/mol. The average Bonchev–Trinajstić information content (AvgIpc) is 2.12. The van der Waals surface area contributed by atoms with E-state index in [-0.39, 0.29) is 0 Å². The zero-order valence-electron chi connectivity index (χ0n) is 8.41. The molecule has 0 saturated carbocycles. The van der Waals surface area contributed by atoms with E-state index >= 15 is 0 Å². The lowest BCUT2D eigenvalue weighted by Crippen LogP contribution is -2.36. The molecule has 2 heterocycles. The highest BCUT2D eigenvalue weighted by Gasteiger charge is 2.17. The van der Waals surface area contributed by atoms with Crippen LogP contribution in [0.1, 0.15) is 5.69 Å². The highest BCUT2D eigenvalue weighted by atomic mass is 15.2. The van der Waals surface area contributed by atoms with E-state index < -0.39 is 0 Å². The Hall–Kier alpha value is -1.25. The molecule has 0 atom stereocenters. The van der Waals surface area contributed by atoms with Crippen LogP contribution in [-0.4, -0.2) is 32.2 Å². The molecule has 3 heteroatoms. The van der Waals surface area contributed by atoms with Crippen molar-refractivity contribution in [2.24, 2.45) is 0 Å². The summed E-state index contributed by atoms with van der Waals surface area (Å²) >= 11 is 0. The summed E-state index contributed by atoms with van der Waals surface area (Å²) in [6.07, 6.45) is 1.96. The summed E-state index contributed by atoms with van der Waals surface area (Å²) < 4.78 is 0. The molecule has 0 unspecified atom stereocenters. The zero-order chi connectivity index (χ0) is 9.42. The van der Waals surface area contributed by atoms with Crippen LogP contribution in [0.25, 0.3) is 0 Å². The lowest BCUT2D eigenvalue weighted by molar-refractivity contribution is 0.792. The van der Waals surface area contributed by atoms with Crippen molar-refractivity contribution in [1.82, 2.24) is 4.98 Å². The molecule has 1 aliphatic heterocycles. The van der Waals surface area contributed by atoms with Gasteiger partial charge in [-0.25, -0.2) is 0 Å².